The number of nitrogens with zero attached hydrogens (tertiary/aromatic N) is 4. The number of hydrogen-bond donors (Lipinski definition) is 0. The van der Waals surface area contributed by atoms with Crippen LogP contribution in [0.3, 0.4) is 0 Å². The van der Waals surface area contributed by atoms with Gasteiger partial charge in [0, 0.05) is 24.5 Å². The molecule has 2 amide bonds. The Hall–Kier alpha value is -3.82. The number of carbonyl (C=O) groups excluding carboxylic acids is 2. The first-order valence-corrected chi connectivity index (χ1v) is 14.6. The SMILES string of the molecule is Cc1ccc(S(=O)(=O)n2ncc3cc(C(CCN4C(=O)c5ccccc5C4=O)N(C)CC4CC4)ccc32)cc1. The molecule has 8 nitrogen and oxygen atoms in total. The van der Waals surface area contributed by atoms with Crippen LogP contribution in [-0.4, -0.2) is 59.4 Å². The van der Waals surface area contributed by atoms with E-state index in [0.717, 1.165) is 21.8 Å². The van der Waals surface area contributed by atoms with Crippen LogP contribution in [0, 0.1) is 12.8 Å². The number of carbonyl (C=O) groups is 2. The van der Waals surface area contributed by atoms with Crippen molar-refractivity contribution in [1.29, 1.82) is 0 Å². The standard InChI is InChI=1S/C30H30N4O4S/c1-20-7-12-24(13-8-20)39(37,38)34-28-14-11-22(17-23(28)18-31-34)27(32(2)19-21-9-10-21)15-16-33-29(35)25-5-3-4-6-26(25)30(33)36/h3-8,11-14,17-18,21,27H,9-10,15-16,19H2,1-2H3. The van der Waals surface area contributed by atoms with E-state index in [1.807, 2.05) is 19.1 Å². The van der Waals surface area contributed by atoms with Gasteiger partial charge in [0.2, 0.25) is 0 Å². The Labute approximate surface area is 227 Å². The quantitative estimate of drug-likeness (QED) is 0.286. The van der Waals surface area contributed by atoms with Gasteiger partial charge in [0.05, 0.1) is 27.7 Å². The predicted octanol–water partition coefficient (Wildman–Crippen LogP) is 4.65. The van der Waals surface area contributed by atoms with Gasteiger partial charge in [-0.3, -0.25) is 19.4 Å². The van der Waals surface area contributed by atoms with E-state index in [1.54, 1.807) is 60.8 Å². The summed E-state index contributed by atoms with van der Waals surface area (Å²) >= 11 is 0. The summed E-state index contributed by atoms with van der Waals surface area (Å²) in [5.74, 6) is 0.150. The molecule has 0 N–H and O–H groups in total. The fourth-order valence-electron chi connectivity index (χ4n) is 5.41. The molecule has 2 aliphatic rings. The fourth-order valence-corrected chi connectivity index (χ4v) is 6.68. The van der Waals surface area contributed by atoms with Crippen molar-refractivity contribution in [2.45, 2.75) is 37.1 Å². The molecular weight excluding hydrogens is 512 g/mol. The highest BCUT2D eigenvalue weighted by Crippen LogP contribution is 2.35. The Morgan fingerprint density at radius 2 is 1.64 bits per heavy atom. The Kier molecular flexibility index (Phi) is 6.35. The van der Waals surface area contributed by atoms with E-state index in [1.165, 1.54) is 17.7 Å². The minimum absolute atomic E-state index is 0.0589. The van der Waals surface area contributed by atoms with Gasteiger partial charge in [-0.2, -0.15) is 17.6 Å². The summed E-state index contributed by atoms with van der Waals surface area (Å²) < 4.78 is 27.7. The molecule has 1 atom stereocenters. The highest BCUT2D eigenvalue weighted by atomic mass is 32.2. The minimum atomic E-state index is -3.84. The van der Waals surface area contributed by atoms with Gasteiger partial charge < -0.3 is 0 Å². The predicted molar refractivity (Wildman–Crippen MR) is 148 cm³/mol. The molecule has 1 aromatic heterocycles. The Morgan fingerprint density at radius 1 is 0.974 bits per heavy atom. The molecular formula is C30H30N4O4S. The van der Waals surface area contributed by atoms with Gasteiger partial charge >= 0.3 is 0 Å². The lowest BCUT2D eigenvalue weighted by Crippen LogP contribution is -2.35. The molecule has 1 fully saturated rings. The first kappa shape index (κ1) is 25.5. The summed E-state index contributed by atoms with van der Waals surface area (Å²) in [6.07, 6.45) is 4.55. The second kappa shape index (κ2) is 9.73. The second-order valence-corrected chi connectivity index (χ2v) is 12.4. The van der Waals surface area contributed by atoms with Crippen LogP contribution in [-0.2, 0) is 10.0 Å². The van der Waals surface area contributed by atoms with Crippen LogP contribution in [0.4, 0.5) is 0 Å². The summed E-state index contributed by atoms with van der Waals surface area (Å²) in [4.78, 5) is 29.7. The summed E-state index contributed by atoms with van der Waals surface area (Å²) in [6, 6.07) is 19.3. The van der Waals surface area contributed by atoms with E-state index in [9.17, 15) is 18.0 Å². The molecule has 1 unspecified atom stereocenters. The van der Waals surface area contributed by atoms with Gasteiger partial charge in [0.25, 0.3) is 21.8 Å². The van der Waals surface area contributed by atoms with Crippen molar-refractivity contribution in [1.82, 2.24) is 19.0 Å². The lowest BCUT2D eigenvalue weighted by atomic mass is 10.00. The summed E-state index contributed by atoms with van der Waals surface area (Å²) in [7, 11) is -1.77. The van der Waals surface area contributed by atoms with E-state index in [4.69, 9.17) is 0 Å². The Morgan fingerprint density at radius 3 is 2.28 bits per heavy atom. The van der Waals surface area contributed by atoms with E-state index in [2.05, 4.69) is 17.0 Å². The van der Waals surface area contributed by atoms with Crippen LogP contribution < -0.4 is 0 Å². The molecule has 0 saturated heterocycles. The maximum atomic E-state index is 13.3. The van der Waals surface area contributed by atoms with Crippen molar-refractivity contribution in [3.05, 3.63) is 95.2 Å². The van der Waals surface area contributed by atoms with E-state index < -0.39 is 10.0 Å². The van der Waals surface area contributed by atoms with Crippen molar-refractivity contribution in [2.75, 3.05) is 20.1 Å². The number of aryl methyl sites for hydroxylation is 1. The normalized spacial score (nSPS) is 16.3. The zero-order chi connectivity index (χ0) is 27.3. The molecule has 0 spiro atoms. The van der Waals surface area contributed by atoms with Crippen LogP contribution >= 0.6 is 0 Å². The molecule has 0 bridgehead atoms. The van der Waals surface area contributed by atoms with Gasteiger partial charge in [-0.05, 0) is 81.1 Å². The van der Waals surface area contributed by atoms with E-state index >= 15 is 0 Å². The van der Waals surface area contributed by atoms with Gasteiger partial charge in [0.15, 0.2) is 0 Å². The van der Waals surface area contributed by atoms with E-state index in [-0.39, 0.29) is 22.8 Å². The summed E-state index contributed by atoms with van der Waals surface area (Å²) in [6.45, 7) is 3.13. The van der Waals surface area contributed by atoms with Crippen LogP contribution in [0.1, 0.15) is 57.1 Å². The zero-order valence-electron chi connectivity index (χ0n) is 21.9. The van der Waals surface area contributed by atoms with Gasteiger partial charge in [-0.15, -0.1) is 0 Å². The average Bonchev–Trinajstić information content (AvgIpc) is 3.58. The molecule has 6 rings (SSSR count). The molecule has 2 heterocycles. The first-order chi connectivity index (χ1) is 18.7. The molecule has 1 saturated carbocycles. The number of imide groups is 1. The molecule has 39 heavy (non-hydrogen) atoms. The number of amides is 2. The summed E-state index contributed by atoms with van der Waals surface area (Å²) in [5.41, 5.74) is 3.38. The van der Waals surface area contributed by atoms with Crippen LogP contribution in [0.25, 0.3) is 10.9 Å². The number of fused-ring (bicyclic) bond motifs is 2. The zero-order valence-corrected chi connectivity index (χ0v) is 22.8. The Bertz CT molecular complexity index is 1650. The van der Waals surface area contributed by atoms with Crippen molar-refractivity contribution >= 4 is 32.7 Å². The van der Waals surface area contributed by atoms with Crippen LogP contribution in [0.2, 0.25) is 0 Å². The largest absolute Gasteiger partial charge is 0.299 e. The lowest BCUT2D eigenvalue weighted by Gasteiger charge is -2.30. The van der Waals surface area contributed by atoms with Crippen molar-refractivity contribution in [3.8, 4) is 0 Å². The fraction of sp³-hybridized carbons (Fsp3) is 0.300. The highest BCUT2D eigenvalue weighted by Gasteiger charge is 2.36. The van der Waals surface area contributed by atoms with Crippen LogP contribution in [0.5, 0.6) is 0 Å². The monoisotopic (exact) mass is 542 g/mol. The third kappa shape index (κ3) is 4.66. The first-order valence-electron chi connectivity index (χ1n) is 13.2. The third-order valence-electron chi connectivity index (χ3n) is 7.77. The maximum Gasteiger partial charge on any atom is 0.283 e. The lowest BCUT2D eigenvalue weighted by molar-refractivity contribution is 0.0636. The molecule has 3 aromatic carbocycles. The summed E-state index contributed by atoms with van der Waals surface area (Å²) in [5, 5.41) is 4.96. The molecule has 200 valence electrons. The van der Waals surface area contributed by atoms with Crippen LogP contribution in [0.15, 0.2) is 77.8 Å². The average molecular weight is 543 g/mol. The molecule has 1 aliphatic heterocycles. The number of aromatic nitrogens is 2. The molecule has 1 aliphatic carbocycles. The van der Waals surface area contributed by atoms with E-state index in [0.29, 0.717) is 40.9 Å². The Balaban J connectivity index is 1.29. The highest BCUT2D eigenvalue weighted by molar-refractivity contribution is 7.90. The second-order valence-electron chi connectivity index (χ2n) is 10.6. The van der Waals surface area contributed by atoms with Gasteiger partial charge in [-0.1, -0.05) is 35.9 Å². The number of rotatable bonds is 9. The minimum Gasteiger partial charge on any atom is -0.299 e. The molecule has 4 aromatic rings. The van der Waals surface area contributed by atoms with Gasteiger partial charge in [0.1, 0.15) is 0 Å². The third-order valence-corrected chi connectivity index (χ3v) is 9.38. The van der Waals surface area contributed by atoms with Crippen molar-refractivity contribution < 1.29 is 18.0 Å². The van der Waals surface area contributed by atoms with Gasteiger partial charge in [-0.25, -0.2) is 0 Å². The van der Waals surface area contributed by atoms with Crippen molar-refractivity contribution in [3.63, 3.8) is 0 Å². The molecule has 9 heteroatoms. The number of benzene rings is 3. The molecule has 0 radical (unpaired) electrons. The van der Waals surface area contributed by atoms with Crippen molar-refractivity contribution in [2.24, 2.45) is 5.92 Å². The topological polar surface area (TPSA) is 92.6 Å². The smallest absolute Gasteiger partial charge is 0.283 e. The maximum absolute atomic E-state index is 13.3. The number of hydrogen-bond acceptors (Lipinski definition) is 6.